The molecule has 0 heterocycles. The van der Waals surface area contributed by atoms with Gasteiger partial charge in [0.1, 0.15) is 11.5 Å². The second-order valence-corrected chi connectivity index (χ2v) is 3.92. The quantitative estimate of drug-likeness (QED) is 0.839. The van der Waals surface area contributed by atoms with Gasteiger partial charge in [-0.25, -0.2) is 0 Å². The zero-order chi connectivity index (χ0) is 14.5. The van der Waals surface area contributed by atoms with Crippen molar-refractivity contribution in [2.45, 2.75) is 25.2 Å². The number of hydrogen-bond acceptors (Lipinski definition) is 4. The van der Waals surface area contributed by atoms with Crippen molar-refractivity contribution >= 4 is 0 Å². The van der Waals surface area contributed by atoms with Gasteiger partial charge in [-0.2, -0.15) is 0 Å². The van der Waals surface area contributed by atoms with Crippen molar-refractivity contribution in [1.82, 2.24) is 0 Å². The highest BCUT2D eigenvalue weighted by atomic mass is 19.4. The van der Waals surface area contributed by atoms with Gasteiger partial charge in [-0.15, -0.1) is 13.2 Å². The number of benzene rings is 1. The molecule has 0 aliphatic rings. The number of halogens is 3. The fraction of sp³-hybridized carbons (Fsp3) is 0.500. The monoisotopic (exact) mass is 279 g/mol. The first-order valence-corrected chi connectivity index (χ1v) is 5.67. The van der Waals surface area contributed by atoms with Crippen LogP contribution in [0.2, 0.25) is 0 Å². The van der Waals surface area contributed by atoms with E-state index in [1.807, 2.05) is 0 Å². The first kappa shape index (κ1) is 15.6. The first-order valence-electron chi connectivity index (χ1n) is 5.67. The van der Waals surface area contributed by atoms with E-state index in [4.69, 9.17) is 15.6 Å². The Labute approximate surface area is 108 Å². The van der Waals surface area contributed by atoms with Gasteiger partial charge in [0.25, 0.3) is 0 Å². The number of hydrogen-bond donors (Lipinski definition) is 2. The second-order valence-electron chi connectivity index (χ2n) is 3.92. The van der Waals surface area contributed by atoms with Crippen molar-refractivity contribution in [2.24, 2.45) is 5.73 Å². The highest BCUT2D eigenvalue weighted by Gasteiger charge is 2.31. The number of methoxy groups -OCH3 is 1. The summed E-state index contributed by atoms with van der Waals surface area (Å²) in [4.78, 5) is 0. The number of ether oxygens (including phenoxy) is 2. The number of nitrogens with two attached hydrogens (primary N) is 1. The third-order valence-electron chi connectivity index (χ3n) is 2.51. The lowest BCUT2D eigenvalue weighted by Gasteiger charge is -2.17. The summed E-state index contributed by atoms with van der Waals surface area (Å²) in [6.45, 7) is 0.00524. The topological polar surface area (TPSA) is 64.7 Å². The van der Waals surface area contributed by atoms with Crippen LogP contribution in [0.25, 0.3) is 0 Å². The highest BCUT2D eigenvalue weighted by Crippen LogP contribution is 2.32. The smallest absolute Gasteiger partial charge is 0.496 e. The van der Waals surface area contributed by atoms with Gasteiger partial charge in [-0.05, 0) is 18.9 Å². The van der Waals surface area contributed by atoms with Crippen LogP contribution in [0.5, 0.6) is 11.5 Å². The maximum absolute atomic E-state index is 12.1. The summed E-state index contributed by atoms with van der Waals surface area (Å²) in [5.41, 5.74) is 6.46. The van der Waals surface area contributed by atoms with Gasteiger partial charge in [0, 0.05) is 24.3 Å². The second kappa shape index (κ2) is 6.63. The molecule has 3 N–H and O–H groups in total. The van der Waals surface area contributed by atoms with Crippen LogP contribution in [0.1, 0.15) is 24.4 Å². The van der Waals surface area contributed by atoms with Crippen LogP contribution in [0.4, 0.5) is 13.2 Å². The van der Waals surface area contributed by atoms with Crippen LogP contribution in [-0.2, 0) is 0 Å². The zero-order valence-corrected chi connectivity index (χ0v) is 10.4. The van der Waals surface area contributed by atoms with E-state index in [1.54, 1.807) is 0 Å². The minimum Gasteiger partial charge on any atom is -0.496 e. The van der Waals surface area contributed by atoms with E-state index in [0.29, 0.717) is 18.4 Å². The van der Waals surface area contributed by atoms with Crippen molar-refractivity contribution < 1.29 is 27.8 Å². The maximum Gasteiger partial charge on any atom is 0.573 e. The van der Waals surface area contributed by atoms with E-state index in [-0.39, 0.29) is 18.1 Å². The fourth-order valence-corrected chi connectivity index (χ4v) is 1.66. The molecule has 1 rings (SSSR count). The van der Waals surface area contributed by atoms with Crippen molar-refractivity contribution in [3.63, 3.8) is 0 Å². The lowest BCUT2D eigenvalue weighted by molar-refractivity contribution is -0.274. The molecule has 0 saturated carbocycles. The van der Waals surface area contributed by atoms with Crippen molar-refractivity contribution in [3.05, 3.63) is 23.8 Å². The Kier molecular flexibility index (Phi) is 5.44. The summed E-state index contributed by atoms with van der Waals surface area (Å²) in [6.07, 6.45) is -3.73. The molecule has 0 aliphatic carbocycles. The van der Waals surface area contributed by atoms with Gasteiger partial charge in [0.05, 0.1) is 7.11 Å². The molecule has 0 bridgehead atoms. The molecule has 0 spiro atoms. The fourth-order valence-electron chi connectivity index (χ4n) is 1.66. The normalized spacial score (nSPS) is 13.2. The van der Waals surface area contributed by atoms with Gasteiger partial charge < -0.3 is 20.3 Å². The first-order chi connectivity index (χ1) is 8.87. The van der Waals surface area contributed by atoms with E-state index in [0.717, 1.165) is 6.07 Å². The molecule has 19 heavy (non-hydrogen) atoms. The van der Waals surface area contributed by atoms with Crippen molar-refractivity contribution in [3.8, 4) is 11.5 Å². The summed E-state index contributed by atoms with van der Waals surface area (Å²) in [6, 6.07) is 3.34. The van der Waals surface area contributed by atoms with Crippen LogP contribution >= 0.6 is 0 Å². The molecule has 7 heteroatoms. The molecule has 0 saturated heterocycles. The van der Waals surface area contributed by atoms with Gasteiger partial charge in [0.2, 0.25) is 0 Å². The summed E-state index contributed by atoms with van der Waals surface area (Å²) >= 11 is 0. The number of rotatable bonds is 6. The Balaban J connectivity index is 2.90. The molecule has 0 unspecified atom stereocenters. The Bertz CT molecular complexity index is 410. The van der Waals surface area contributed by atoms with E-state index in [2.05, 4.69) is 4.74 Å². The molecular formula is C12H16F3NO3. The number of alkyl halides is 3. The number of aliphatic hydroxyl groups is 1. The SMILES string of the molecule is COc1cc(OC(F)(F)F)ccc1[C@@H](N)CCCO. The van der Waals surface area contributed by atoms with E-state index in [9.17, 15) is 13.2 Å². The maximum atomic E-state index is 12.1. The van der Waals surface area contributed by atoms with E-state index < -0.39 is 12.4 Å². The summed E-state index contributed by atoms with van der Waals surface area (Å²) in [5, 5.41) is 8.73. The van der Waals surface area contributed by atoms with E-state index in [1.165, 1.54) is 19.2 Å². The van der Waals surface area contributed by atoms with Gasteiger partial charge in [-0.1, -0.05) is 6.07 Å². The lowest BCUT2D eigenvalue weighted by Crippen LogP contribution is -2.17. The third kappa shape index (κ3) is 4.96. The molecule has 0 radical (unpaired) electrons. The van der Waals surface area contributed by atoms with Gasteiger partial charge in [0.15, 0.2) is 0 Å². The van der Waals surface area contributed by atoms with Crippen molar-refractivity contribution in [1.29, 1.82) is 0 Å². The molecule has 0 aliphatic heterocycles. The average molecular weight is 279 g/mol. The zero-order valence-electron chi connectivity index (χ0n) is 10.4. The van der Waals surface area contributed by atoms with Gasteiger partial charge >= 0.3 is 6.36 Å². The van der Waals surface area contributed by atoms with Crippen LogP contribution in [-0.4, -0.2) is 25.2 Å². The van der Waals surface area contributed by atoms with Crippen LogP contribution in [0.15, 0.2) is 18.2 Å². The molecular weight excluding hydrogens is 263 g/mol. The molecule has 1 aromatic carbocycles. The number of aliphatic hydroxyl groups excluding tert-OH is 1. The molecule has 0 fully saturated rings. The summed E-state index contributed by atoms with van der Waals surface area (Å²) in [7, 11) is 1.34. The summed E-state index contributed by atoms with van der Waals surface area (Å²) in [5.74, 6) is -0.130. The Morgan fingerprint density at radius 2 is 2.05 bits per heavy atom. The molecule has 1 aromatic rings. The summed E-state index contributed by atoms with van der Waals surface area (Å²) < 4.78 is 45.1. The Hall–Kier alpha value is -1.47. The minimum absolute atomic E-state index is 0.00524. The molecule has 1 atom stereocenters. The Morgan fingerprint density at radius 3 is 2.58 bits per heavy atom. The average Bonchev–Trinajstić information content (AvgIpc) is 2.33. The van der Waals surface area contributed by atoms with E-state index >= 15 is 0 Å². The van der Waals surface area contributed by atoms with Gasteiger partial charge in [-0.3, -0.25) is 0 Å². The molecule has 4 nitrogen and oxygen atoms in total. The third-order valence-corrected chi connectivity index (χ3v) is 2.51. The molecule has 0 amide bonds. The van der Waals surface area contributed by atoms with Crippen LogP contribution < -0.4 is 15.2 Å². The standard InChI is InChI=1S/C12H16F3NO3/c1-18-11-7-8(19-12(13,14)15)4-5-9(11)10(16)3-2-6-17/h4-5,7,10,17H,2-3,6,16H2,1H3/t10-/m0/s1. The molecule has 108 valence electrons. The minimum atomic E-state index is -4.74. The predicted octanol–water partition coefficient (Wildman–Crippen LogP) is 2.37. The largest absolute Gasteiger partial charge is 0.573 e. The lowest BCUT2D eigenvalue weighted by atomic mass is 10.0. The predicted molar refractivity (Wildman–Crippen MR) is 62.9 cm³/mol. The van der Waals surface area contributed by atoms with Crippen LogP contribution in [0, 0.1) is 0 Å². The molecule has 0 aromatic heterocycles. The van der Waals surface area contributed by atoms with Crippen LogP contribution in [0.3, 0.4) is 0 Å². The highest BCUT2D eigenvalue weighted by molar-refractivity contribution is 5.42. The Morgan fingerprint density at radius 1 is 1.37 bits per heavy atom. The van der Waals surface area contributed by atoms with Crippen molar-refractivity contribution in [2.75, 3.05) is 13.7 Å².